The van der Waals surface area contributed by atoms with Gasteiger partial charge in [0.15, 0.2) is 5.69 Å². The number of nitrogens with one attached hydrogen (secondary N) is 5. The molecule has 9 heterocycles. The van der Waals surface area contributed by atoms with E-state index in [4.69, 9.17) is 50.8 Å². The van der Waals surface area contributed by atoms with Gasteiger partial charge in [-0.1, -0.05) is 68.4 Å². The summed E-state index contributed by atoms with van der Waals surface area (Å²) in [6, 6.07) is 27.8. The predicted molar refractivity (Wildman–Crippen MR) is 403 cm³/mol. The van der Waals surface area contributed by atoms with E-state index in [0.29, 0.717) is 69.9 Å². The highest BCUT2D eigenvalue weighted by atomic mass is 79.9. The average molecular weight is 1490 g/mol. The van der Waals surface area contributed by atoms with Gasteiger partial charge >= 0.3 is 11.9 Å². The molecule has 0 spiro atoms. The second-order valence-corrected chi connectivity index (χ2v) is 27.2. The molecular formula is C67H63BrN16O10S5. The summed E-state index contributed by atoms with van der Waals surface area (Å²) in [5.74, 6) is -1.87. The fourth-order valence-corrected chi connectivity index (χ4v) is 16.3. The van der Waals surface area contributed by atoms with E-state index in [0.717, 1.165) is 78.4 Å². The summed E-state index contributed by atoms with van der Waals surface area (Å²) in [7, 11) is 1.79. The summed E-state index contributed by atoms with van der Waals surface area (Å²) in [6.45, 7) is 22.6. The molecule has 0 fully saturated rings. The Morgan fingerprint density at radius 2 is 0.838 bits per heavy atom. The van der Waals surface area contributed by atoms with Gasteiger partial charge < -0.3 is 49.6 Å². The first-order valence-corrected chi connectivity index (χ1v) is 34.4. The Hall–Kier alpha value is -11.2. The number of H-pyrrole nitrogens is 4. The van der Waals surface area contributed by atoms with E-state index in [1.807, 2.05) is 84.9 Å². The van der Waals surface area contributed by atoms with Crippen LogP contribution < -0.4 is 62.0 Å². The number of hydrogen-bond donors (Lipinski definition) is 12. The van der Waals surface area contributed by atoms with Gasteiger partial charge in [-0.05, 0) is 150 Å². The SMILES string of the molecule is CC.CCOC(=O)c1c(NC)sc(Br)c1C.Cc1c(-c2cccc(C(=O)O)c2)sc2nc(N)[nH]c(=O)c12.Cc1c(-c2cccc(C(N)=O)c2)sc2nc(N)[nH]c(=O)c12.Cc1c(-c2cccc(C(N)=O)c2)sc2nc(N)[nH]c(=O)c12.[C-]#[N+]c1cccc(-c2sc3nc(N)[nH]c(=O)c3c2C)c1. The third kappa shape index (κ3) is 16.3. The molecule has 2 amide bonds. The number of aromatic carboxylic acids is 1. The number of carboxylic acid groups (broad SMARTS) is 1. The lowest BCUT2D eigenvalue weighted by Crippen LogP contribution is -2.10. The molecule has 0 atom stereocenters. The summed E-state index contributed by atoms with van der Waals surface area (Å²) in [5.41, 5.74) is 41.5. The van der Waals surface area contributed by atoms with Crippen molar-refractivity contribution in [3.63, 3.8) is 0 Å². The maximum Gasteiger partial charge on any atom is 0.341 e. The van der Waals surface area contributed by atoms with Gasteiger partial charge in [0.1, 0.15) is 24.3 Å². The molecule has 0 bridgehead atoms. The molecule has 0 saturated heterocycles. The number of anilines is 5. The van der Waals surface area contributed by atoms with E-state index in [1.165, 1.54) is 62.8 Å². The summed E-state index contributed by atoms with van der Waals surface area (Å²) in [4.78, 5) is 129. The van der Waals surface area contributed by atoms with Gasteiger partial charge in [-0.3, -0.25) is 48.7 Å². The fourth-order valence-electron chi connectivity index (χ4n) is 9.99. The number of esters is 1. The Morgan fingerprint density at radius 1 is 0.525 bits per heavy atom. The minimum atomic E-state index is -0.990. The number of primary amides is 2. The Labute approximate surface area is 590 Å². The van der Waals surface area contributed by atoms with Crippen LogP contribution in [0.1, 0.15) is 90.0 Å². The zero-order chi connectivity index (χ0) is 72.4. The van der Waals surface area contributed by atoms with Gasteiger partial charge in [0.25, 0.3) is 22.2 Å². The largest absolute Gasteiger partial charge is 0.478 e. The number of aromatic nitrogens is 8. The Bertz CT molecular complexity index is 5230. The number of aromatic amines is 4. The van der Waals surface area contributed by atoms with Crippen molar-refractivity contribution >= 4 is 172 Å². The Morgan fingerprint density at radius 3 is 1.14 bits per heavy atom. The van der Waals surface area contributed by atoms with Crippen molar-refractivity contribution in [1.29, 1.82) is 0 Å². The predicted octanol–water partition coefficient (Wildman–Crippen LogP) is 12.7. The van der Waals surface area contributed by atoms with Crippen LogP contribution in [0.3, 0.4) is 0 Å². The number of ether oxygens (including phenoxy) is 1. The zero-order valence-electron chi connectivity index (χ0n) is 54.2. The Balaban J connectivity index is 0.000000158. The molecule has 0 saturated carbocycles. The molecule has 9 aromatic heterocycles. The van der Waals surface area contributed by atoms with Crippen molar-refractivity contribution in [2.75, 3.05) is 41.9 Å². The second-order valence-electron chi connectivity index (χ2n) is 20.9. The molecule has 26 nitrogen and oxygen atoms in total. The molecular weight excluding hydrogens is 1430 g/mol. The van der Waals surface area contributed by atoms with Crippen molar-refractivity contribution in [2.45, 2.75) is 55.4 Å². The molecule has 13 aromatic rings. The number of carboxylic acids is 1. The van der Waals surface area contributed by atoms with Crippen LogP contribution in [0.2, 0.25) is 0 Å². The molecule has 0 unspecified atom stereocenters. The van der Waals surface area contributed by atoms with E-state index in [9.17, 15) is 38.4 Å². The van der Waals surface area contributed by atoms with E-state index >= 15 is 0 Å². The first kappa shape index (κ1) is 73.6. The molecule has 0 radical (unpaired) electrons. The minimum absolute atomic E-state index is 0.0691. The quantitative estimate of drug-likeness (QED) is 0.0447. The molecule has 18 N–H and O–H groups in total. The molecule has 0 aliphatic heterocycles. The highest BCUT2D eigenvalue weighted by molar-refractivity contribution is 9.11. The number of benzene rings is 4. The lowest BCUT2D eigenvalue weighted by atomic mass is 10.1. The van der Waals surface area contributed by atoms with Gasteiger partial charge in [-0.25, -0.2) is 34.4 Å². The van der Waals surface area contributed by atoms with Crippen LogP contribution in [-0.2, 0) is 4.74 Å². The Kier molecular flexibility index (Phi) is 23.6. The molecule has 4 aromatic carbocycles. The van der Waals surface area contributed by atoms with Gasteiger partial charge in [0.05, 0.1) is 49.6 Å². The third-order valence-electron chi connectivity index (χ3n) is 14.5. The number of rotatable bonds is 10. The molecule has 32 heteroatoms. The first-order chi connectivity index (χ1) is 47.1. The number of aryl methyl sites for hydroxylation is 4. The molecule has 508 valence electrons. The van der Waals surface area contributed by atoms with E-state index in [2.05, 4.69) is 66.0 Å². The summed E-state index contributed by atoms with van der Waals surface area (Å²) >= 11 is 10.4. The minimum Gasteiger partial charge on any atom is -0.478 e. The van der Waals surface area contributed by atoms with Crippen LogP contribution in [0.5, 0.6) is 0 Å². The number of amides is 2. The van der Waals surface area contributed by atoms with Crippen LogP contribution in [0.4, 0.5) is 34.5 Å². The first-order valence-electron chi connectivity index (χ1n) is 29.5. The number of halogens is 1. The zero-order valence-corrected chi connectivity index (χ0v) is 59.9. The normalized spacial score (nSPS) is 10.6. The number of nitrogens with two attached hydrogens (primary N) is 6. The highest BCUT2D eigenvalue weighted by Crippen LogP contribution is 2.41. The van der Waals surface area contributed by atoms with Gasteiger partial charge in [0.2, 0.25) is 35.6 Å². The smallest absolute Gasteiger partial charge is 0.341 e. The van der Waals surface area contributed by atoms with E-state index in [1.54, 1.807) is 68.6 Å². The lowest BCUT2D eigenvalue weighted by Gasteiger charge is -2.03. The number of carbonyl (C=O) groups is 4. The summed E-state index contributed by atoms with van der Waals surface area (Å²) in [6.07, 6.45) is 0. The molecule has 0 aliphatic rings. The van der Waals surface area contributed by atoms with Crippen molar-refractivity contribution in [3.8, 4) is 41.8 Å². The monoisotopic (exact) mass is 1490 g/mol. The van der Waals surface area contributed by atoms with Crippen LogP contribution in [0.15, 0.2) is 120 Å². The standard InChI is InChI=1S/2C14H12N4O2S.C14H10N4OS.C14H11N3O3S.C9H12BrNO2S.C2H6/c2*1-6-9-12(20)17-14(16)18-13(9)21-10(6)7-3-2-4-8(5-7)11(15)19;1-7-10-12(19)17-14(15)18-13(10)20-11(7)8-4-3-5-9(6-8)16-2;1-6-9-11(18)16-14(15)17-12(9)21-10(6)7-3-2-4-8(5-7)13(19)20;1-4-13-9(12)6-5(2)7(10)14-8(6)11-3;1-2/h2*2-5H,1H3,(H2,15,19)(H3,16,17,18,20);3-6H,1H3,(H3,15,17,18,19);2-5H,1H3,(H,19,20)(H3,15,16,17,18);11H,4H2,1-3H3;1-2H3. The van der Waals surface area contributed by atoms with E-state index < -0.39 is 17.8 Å². The maximum atomic E-state index is 12.0. The van der Waals surface area contributed by atoms with E-state index in [-0.39, 0.29) is 57.6 Å². The van der Waals surface area contributed by atoms with Crippen molar-refractivity contribution in [3.05, 3.63) is 204 Å². The van der Waals surface area contributed by atoms with Crippen molar-refractivity contribution < 1.29 is 29.0 Å². The summed E-state index contributed by atoms with van der Waals surface area (Å²) < 4.78 is 5.93. The van der Waals surface area contributed by atoms with Crippen LogP contribution >= 0.6 is 72.6 Å². The lowest BCUT2D eigenvalue weighted by molar-refractivity contribution is 0.0526. The van der Waals surface area contributed by atoms with Crippen LogP contribution in [0.25, 0.3) is 87.5 Å². The summed E-state index contributed by atoms with van der Waals surface area (Å²) in [5, 5.41) is 15.0. The van der Waals surface area contributed by atoms with Crippen LogP contribution in [-0.4, -0.2) is 82.4 Å². The maximum absolute atomic E-state index is 12.0. The highest BCUT2D eigenvalue weighted by Gasteiger charge is 2.23. The van der Waals surface area contributed by atoms with Gasteiger partial charge in [-0.15, -0.1) is 56.7 Å². The fraction of sp³-hybridized carbons (Fsp3) is 0.149. The number of carbonyl (C=O) groups excluding carboxylic acids is 3. The molecule has 0 aliphatic carbocycles. The number of nitrogens with zero attached hydrogens (tertiary/aromatic N) is 5. The van der Waals surface area contributed by atoms with Crippen LogP contribution in [0, 0.1) is 41.2 Å². The number of thiophene rings is 5. The van der Waals surface area contributed by atoms with Gasteiger partial charge in [0, 0.05) is 37.7 Å². The average Bonchev–Trinajstić information content (AvgIpc) is 1.65. The number of fused-ring (bicyclic) bond motifs is 4. The van der Waals surface area contributed by atoms with Gasteiger partial charge in [-0.2, -0.15) is 0 Å². The molecule has 99 heavy (non-hydrogen) atoms. The third-order valence-corrected chi connectivity index (χ3v) is 21.6. The number of nitrogen functional groups attached to an aromatic ring is 4. The topological polar surface area (TPSA) is 453 Å². The van der Waals surface area contributed by atoms with Crippen molar-refractivity contribution in [2.24, 2.45) is 11.5 Å². The molecule has 13 rings (SSSR count). The number of hydrogen-bond acceptors (Lipinski definition) is 23. The second kappa shape index (κ2) is 31.8. The van der Waals surface area contributed by atoms with Crippen molar-refractivity contribution in [1.82, 2.24) is 39.9 Å².